The van der Waals surface area contributed by atoms with E-state index >= 15 is 0 Å². The number of aliphatic hydroxyl groups is 1. The minimum atomic E-state index is -0.659. The van der Waals surface area contributed by atoms with Gasteiger partial charge < -0.3 is 14.9 Å². The lowest BCUT2D eigenvalue weighted by Crippen LogP contribution is -2.32. The molecule has 1 unspecified atom stereocenters. The number of halogens is 1. The molecule has 1 amide bonds. The Labute approximate surface area is 176 Å². The van der Waals surface area contributed by atoms with Crippen LogP contribution in [0.1, 0.15) is 29.2 Å². The molecule has 29 heavy (non-hydrogen) atoms. The molecule has 1 saturated heterocycles. The van der Waals surface area contributed by atoms with Crippen molar-refractivity contribution in [3.8, 4) is 0 Å². The van der Waals surface area contributed by atoms with Gasteiger partial charge in [0.05, 0.1) is 11.6 Å². The Hall–Kier alpha value is -2.63. The summed E-state index contributed by atoms with van der Waals surface area (Å²) in [5.41, 5.74) is 2.45. The summed E-state index contributed by atoms with van der Waals surface area (Å²) in [6, 6.07) is 13.6. The largest absolute Gasteiger partial charge is 0.507 e. The number of hydrogen-bond donors (Lipinski definition) is 1. The third kappa shape index (κ3) is 4.52. The van der Waals surface area contributed by atoms with E-state index < -0.39 is 17.7 Å². The van der Waals surface area contributed by atoms with Gasteiger partial charge in [-0.3, -0.25) is 9.59 Å². The van der Waals surface area contributed by atoms with E-state index in [0.717, 1.165) is 24.1 Å². The molecule has 5 nitrogen and oxygen atoms in total. The number of likely N-dealkylation sites (tertiary alicyclic amines) is 1. The highest BCUT2D eigenvalue weighted by Gasteiger charge is 2.45. The maximum absolute atomic E-state index is 12.9. The van der Waals surface area contributed by atoms with Gasteiger partial charge in [0.25, 0.3) is 11.7 Å². The number of hydrogen-bond acceptors (Lipinski definition) is 4. The maximum Gasteiger partial charge on any atom is 0.295 e. The zero-order valence-electron chi connectivity index (χ0n) is 16.9. The van der Waals surface area contributed by atoms with Gasteiger partial charge in [-0.25, -0.2) is 0 Å². The van der Waals surface area contributed by atoms with Gasteiger partial charge >= 0.3 is 0 Å². The Kier molecular flexibility index (Phi) is 6.40. The predicted octanol–water partition coefficient (Wildman–Crippen LogP) is 4.02. The Morgan fingerprint density at radius 1 is 1.07 bits per heavy atom. The van der Waals surface area contributed by atoms with Crippen LogP contribution in [0.3, 0.4) is 0 Å². The van der Waals surface area contributed by atoms with Crippen LogP contribution in [0.2, 0.25) is 5.02 Å². The topological polar surface area (TPSA) is 60.9 Å². The van der Waals surface area contributed by atoms with E-state index in [9.17, 15) is 14.7 Å². The molecule has 2 aromatic rings. The second kappa shape index (κ2) is 8.80. The van der Waals surface area contributed by atoms with Crippen molar-refractivity contribution in [1.82, 2.24) is 9.80 Å². The number of nitrogens with zero attached hydrogens (tertiary/aromatic N) is 2. The van der Waals surface area contributed by atoms with Gasteiger partial charge in [-0.15, -0.1) is 0 Å². The Bertz CT molecular complexity index is 934. The van der Waals surface area contributed by atoms with Gasteiger partial charge in [0.1, 0.15) is 5.76 Å². The number of amides is 1. The first-order valence-corrected chi connectivity index (χ1v) is 9.93. The molecule has 1 atom stereocenters. The van der Waals surface area contributed by atoms with E-state index in [1.54, 1.807) is 29.2 Å². The fourth-order valence-corrected chi connectivity index (χ4v) is 3.65. The molecule has 6 heteroatoms. The van der Waals surface area contributed by atoms with Crippen LogP contribution in [-0.4, -0.2) is 53.8 Å². The highest BCUT2D eigenvalue weighted by Crippen LogP contribution is 2.39. The number of carbonyl (C=O) groups excluding carboxylic acids is 2. The number of Topliss-reactive ketones (excluding diaryl/α,β-unsaturated/α-hetero) is 1. The molecule has 1 aliphatic heterocycles. The molecular formula is C23H25ClN2O3. The molecule has 152 valence electrons. The summed E-state index contributed by atoms with van der Waals surface area (Å²) in [5, 5.41) is 11.5. The SMILES string of the molecule is Cc1ccc(C2/C(=C(/O)c3ccc(Cl)cc3)C(=O)C(=O)N2CCCN(C)C)cc1. The normalized spacial score (nSPS) is 18.7. The Morgan fingerprint density at radius 3 is 2.28 bits per heavy atom. The van der Waals surface area contributed by atoms with Crippen molar-refractivity contribution < 1.29 is 14.7 Å². The molecule has 0 bridgehead atoms. The molecule has 3 rings (SSSR count). The van der Waals surface area contributed by atoms with Gasteiger partial charge in [-0.2, -0.15) is 0 Å². The van der Waals surface area contributed by atoms with Crippen molar-refractivity contribution in [2.24, 2.45) is 0 Å². The fraction of sp³-hybridized carbons (Fsp3) is 0.304. The third-order valence-electron chi connectivity index (χ3n) is 5.06. The summed E-state index contributed by atoms with van der Waals surface area (Å²) >= 11 is 5.94. The average Bonchev–Trinajstić information content (AvgIpc) is 2.93. The van der Waals surface area contributed by atoms with E-state index in [1.807, 2.05) is 50.2 Å². The highest BCUT2D eigenvalue weighted by molar-refractivity contribution is 6.46. The maximum atomic E-state index is 12.9. The number of benzene rings is 2. The van der Waals surface area contributed by atoms with Crippen molar-refractivity contribution in [1.29, 1.82) is 0 Å². The van der Waals surface area contributed by atoms with Crippen molar-refractivity contribution in [3.05, 3.63) is 75.8 Å². The first kappa shape index (κ1) is 21.1. The number of rotatable bonds is 6. The monoisotopic (exact) mass is 412 g/mol. The van der Waals surface area contributed by atoms with E-state index in [1.165, 1.54) is 0 Å². The lowest BCUT2D eigenvalue weighted by molar-refractivity contribution is -0.139. The quantitative estimate of drug-likeness (QED) is 0.442. The molecule has 0 aliphatic carbocycles. The summed E-state index contributed by atoms with van der Waals surface area (Å²) in [6.45, 7) is 3.20. The van der Waals surface area contributed by atoms with Gasteiger partial charge in [-0.05, 0) is 63.8 Å². The van der Waals surface area contributed by atoms with Crippen molar-refractivity contribution in [3.63, 3.8) is 0 Å². The van der Waals surface area contributed by atoms with Crippen LogP contribution in [0.5, 0.6) is 0 Å². The van der Waals surface area contributed by atoms with Gasteiger partial charge in [0.15, 0.2) is 0 Å². The van der Waals surface area contributed by atoms with Crippen LogP contribution in [-0.2, 0) is 9.59 Å². The van der Waals surface area contributed by atoms with E-state index in [2.05, 4.69) is 0 Å². The lowest BCUT2D eigenvalue weighted by atomic mass is 9.94. The summed E-state index contributed by atoms with van der Waals surface area (Å²) in [7, 11) is 3.93. The molecule has 1 heterocycles. The summed E-state index contributed by atoms with van der Waals surface area (Å²) < 4.78 is 0. The van der Waals surface area contributed by atoms with E-state index in [-0.39, 0.29) is 11.3 Å². The minimum Gasteiger partial charge on any atom is -0.507 e. The summed E-state index contributed by atoms with van der Waals surface area (Å²) in [4.78, 5) is 29.3. The van der Waals surface area contributed by atoms with Crippen LogP contribution in [0, 0.1) is 6.92 Å². The highest BCUT2D eigenvalue weighted by atomic mass is 35.5. The third-order valence-corrected chi connectivity index (χ3v) is 5.31. The van der Waals surface area contributed by atoms with Crippen LogP contribution >= 0.6 is 11.6 Å². The van der Waals surface area contributed by atoms with Crippen LogP contribution in [0.15, 0.2) is 54.1 Å². The molecule has 0 aromatic heterocycles. The van der Waals surface area contributed by atoms with Gasteiger partial charge in [-0.1, -0.05) is 41.4 Å². The predicted molar refractivity (Wildman–Crippen MR) is 115 cm³/mol. The van der Waals surface area contributed by atoms with Crippen LogP contribution < -0.4 is 0 Å². The van der Waals surface area contributed by atoms with E-state index in [4.69, 9.17) is 11.6 Å². The average molecular weight is 413 g/mol. The summed E-state index contributed by atoms with van der Waals surface area (Å²) in [6.07, 6.45) is 0.726. The number of ketones is 1. The number of aryl methyl sites for hydroxylation is 1. The summed E-state index contributed by atoms with van der Waals surface area (Å²) in [5.74, 6) is -1.42. The molecule has 1 N–H and O–H groups in total. The smallest absolute Gasteiger partial charge is 0.295 e. The standard InChI is InChI=1S/C23H25ClN2O3/c1-15-5-7-16(8-6-15)20-19(21(27)17-9-11-18(24)12-10-17)22(28)23(29)26(20)14-4-13-25(2)3/h5-12,20,27H,4,13-14H2,1-3H3/b21-19-. The van der Waals surface area contributed by atoms with Crippen molar-refractivity contribution >= 4 is 29.1 Å². The number of carbonyl (C=O) groups is 2. The zero-order chi connectivity index (χ0) is 21.1. The second-order valence-electron chi connectivity index (χ2n) is 7.57. The van der Waals surface area contributed by atoms with Crippen molar-refractivity contribution in [2.45, 2.75) is 19.4 Å². The minimum absolute atomic E-state index is 0.117. The van der Waals surface area contributed by atoms with Gasteiger partial charge in [0, 0.05) is 17.1 Å². The molecular weight excluding hydrogens is 388 g/mol. The molecule has 1 fully saturated rings. The van der Waals surface area contributed by atoms with Crippen LogP contribution in [0.25, 0.3) is 5.76 Å². The Morgan fingerprint density at radius 2 is 1.69 bits per heavy atom. The first-order valence-electron chi connectivity index (χ1n) is 9.55. The molecule has 0 radical (unpaired) electrons. The number of aliphatic hydroxyl groups excluding tert-OH is 1. The van der Waals surface area contributed by atoms with Gasteiger partial charge in [0.2, 0.25) is 0 Å². The van der Waals surface area contributed by atoms with E-state index in [0.29, 0.717) is 17.1 Å². The molecule has 0 saturated carbocycles. The second-order valence-corrected chi connectivity index (χ2v) is 8.00. The fourth-order valence-electron chi connectivity index (χ4n) is 3.53. The van der Waals surface area contributed by atoms with Crippen LogP contribution in [0.4, 0.5) is 0 Å². The van der Waals surface area contributed by atoms with Crippen molar-refractivity contribution in [2.75, 3.05) is 27.2 Å². The molecule has 1 aliphatic rings. The Balaban J connectivity index is 2.07. The first-order chi connectivity index (χ1) is 13.8. The molecule has 2 aromatic carbocycles. The zero-order valence-corrected chi connectivity index (χ0v) is 17.6. The molecule has 0 spiro atoms. The lowest BCUT2D eigenvalue weighted by Gasteiger charge is -2.26.